The van der Waals surface area contributed by atoms with Crippen LogP contribution in [0.5, 0.6) is 0 Å². The van der Waals surface area contributed by atoms with Crippen molar-refractivity contribution in [3.05, 3.63) is 107 Å². The summed E-state index contributed by atoms with van der Waals surface area (Å²) in [5.41, 5.74) is 4.53. The van der Waals surface area contributed by atoms with E-state index in [0.29, 0.717) is 28.4 Å². The monoisotopic (exact) mass is 508 g/mol. The maximum Gasteiger partial charge on any atom is 0.253 e. The molecule has 4 rings (SSSR count). The smallest absolute Gasteiger partial charge is 0.253 e. The first-order valence-electron chi connectivity index (χ1n) is 12.0. The van der Waals surface area contributed by atoms with Crippen LogP contribution in [-0.4, -0.2) is 22.6 Å². The van der Waals surface area contributed by atoms with E-state index in [0.717, 1.165) is 16.8 Å². The Morgan fingerprint density at radius 3 is 2.27 bits per heavy atom. The van der Waals surface area contributed by atoms with E-state index in [4.69, 9.17) is 0 Å². The highest BCUT2D eigenvalue weighted by Gasteiger charge is 2.38. The molecular formula is C30H28N4O2S. The summed E-state index contributed by atoms with van der Waals surface area (Å²) in [6, 6.07) is 29.0. The van der Waals surface area contributed by atoms with Gasteiger partial charge in [-0.25, -0.2) is 4.99 Å². The van der Waals surface area contributed by atoms with Crippen molar-refractivity contribution in [1.29, 1.82) is 5.26 Å². The van der Waals surface area contributed by atoms with Crippen molar-refractivity contribution in [3.63, 3.8) is 0 Å². The molecule has 2 amide bonds. The largest absolute Gasteiger partial charge is 0.325 e. The molecule has 0 spiro atoms. The third kappa shape index (κ3) is 6.75. The molecule has 6 nitrogen and oxygen atoms in total. The fourth-order valence-electron chi connectivity index (χ4n) is 4.37. The third-order valence-corrected chi connectivity index (χ3v) is 7.12. The van der Waals surface area contributed by atoms with E-state index < -0.39 is 11.8 Å². The predicted octanol–water partition coefficient (Wildman–Crippen LogP) is 5.99. The molecule has 1 aliphatic heterocycles. The second-order valence-electron chi connectivity index (χ2n) is 8.88. The number of para-hydroxylation sites is 1. The van der Waals surface area contributed by atoms with Gasteiger partial charge in [-0.2, -0.15) is 5.26 Å². The number of allylic oxidation sites excluding steroid dienone is 1. The van der Waals surface area contributed by atoms with Crippen LogP contribution in [0, 0.1) is 30.1 Å². The van der Waals surface area contributed by atoms with E-state index in [1.54, 1.807) is 6.92 Å². The molecular weight excluding hydrogens is 480 g/mol. The molecule has 0 aromatic heterocycles. The lowest BCUT2D eigenvalue weighted by molar-refractivity contribution is -0.114. The van der Waals surface area contributed by atoms with Crippen molar-refractivity contribution in [3.8, 4) is 6.07 Å². The topological polar surface area (TPSA) is 94.4 Å². The Morgan fingerprint density at radius 1 is 0.919 bits per heavy atom. The number of carbonyl (C=O) groups is 2. The summed E-state index contributed by atoms with van der Waals surface area (Å²) >= 11 is 1.25. The Kier molecular flexibility index (Phi) is 8.55. The minimum absolute atomic E-state index is 0.113. The molecule has 186 valence electrons. The van der Waals surface area contributed by atoms with E-state index in [1.807, 2.05) is 91.9 Å². The van der Waals surface area contributed by atoms with Gasteiger partial charge in [0.1, 0.15) is 5.92 Å². The molecule has 0 aliphatic carbocycles. The molecule has 0 saturated carbocycles. The molecule has 3 aromatic carbocycles. The number of anilines is 2. The normalized spacial score (nSPS) is 16.9. The average Bonchev–Trinajstić information content (AvgIpc) is 2.88. The fourth-order valence-corrected chi connectivity index (χ4v) is 5.32. The number of aryl methyl sites for hydroxylation is 1. The first-order valence-corrected chi connectivity index (χ1v) is 13.0. The number of nitrogens with zero attached hydrogens (tertiary/aromatic N) is 2. The molecule has 2 N–H and O–H groups in total. The van der Waals surface area contributed by atoms with E-state index in [9.17, 15) is 14.9 Å². The Balaban J connectivity index is 1.58. The highest BCUT2D eigenvalue weighted by molar-refractivity contribution is 8.14. The minimum atomic E-state index is -0.655. The number of aliphatic imine (C=N–C) groups is 1. The van der Waals surface area contributed by atoms with E-state index >= 15 is 0 Å². The van der Waals surface area contributed by atoms with Crippen molar-refractivity contribution < 1.29 is 9.59 Å². The van der Waals surface area contributed by atoms with Crippen LogP contribution >= 0.6 is 11.8 Å². The summed E-state index contributed by atoms with van der Waals surface area (Å²) in [5, 5.41) is 16.6. The molecule has 0 radical (unpaired) electrons. The van der Waals surface area contributed by atoms with Gasteiger partial charge in [-0.15, -0.1) is 0 Å². The molecule has 0 saturated heterocycles. The fraction of sp³-hybridized carbons (Fsp3) is 0.200. The number of nitriles is 1. The van der Waals surface area contributed by atoms with Gasteiger partial charge in [0.15, 0.2) is 0 Å². The Labute approximate surface area is 221 Å². The molecule has 1 heterocycles. The zero-order chi connectivity index (χ0) is 26.2. The van der Waals surface area contributed by atoms with Gasteiger partial charge in [0.05, 0.1) is 16.9 Å². The standard InChI is InChI=1S/C30H28N4O2S/c1-20-10-9-15-24(16-20)33-27(35)19-37-30-26(18-31)25(17-22-11-5-3-6-12-22)28(21(2)32-30)29(36)34-23-13-7-4-8-14-23/h3-16,25-26H,17,19H2,1-2H3,(H,33,35)(H,34,36). The lowest BCUT2D eigenvalue weighted by atomic mass is 9.79. The summed E-state index contributed by atoms with van der Waals surface area (Å²) in [4.78, 5) is 30.7. The van der Waals surface area contributed by atoms with Gasteiger partial charge in [0.25, 0.3) is 5.91 Å². The number of hydrogen-bond acceptors (Lipinski definition) is 5. The first kappa shape index (κ1) is 25.9. The number of hydrogen-bond donors (Lipinski definition) is 2. The summed E-state index contributed by atoms with van der Waals surface area (Å²) in [7, 11) is 0. The SMILES string of the molecule is CC1=C(C(=O)Nc2ccccc2)C(Cc2ccccc2)C(C#N)C(SCC(=O)Nc2cccc(C)c2)=N1. The van der Waals surface area contributed by atoms with Crippen LogP contribution in [-0.2, 0) is 16.0 Å². The maximum atomic E-state index is 13.4. The highest BCUT2D eigenvalue weighted by Crippen LogP contribution is 2.37. The Morgan fingerprint density at radius 2 is 1.59 bits per heavy atom. The van der Waals surface area contributed by atoms with E-state index in [1.165, 1.54) is 11.8 Å². The van der Waals surface area contributed by atoms with E-state index in [2.05, 4.69) is 21.7 Å². The van der Waals surface area contributed by atoms with Gasteiger partial charge >= 0.3 is 0 Å². The minimum Gasteiger partial charge on any atom is -0.325 e. The second kappa shape index (κ2) is 12.2. The summed E-state index contributed by atoms with van der Waals surface area (Å²) in [6.45, 7) is 3.76. The number of amides is 2. The summed E-state index contributed by atoms with van der Waals surface area (Å²) in [6.07, 6.45) is 0.503. The van der Waals surface area contributed by atoms with Gasteiger partial charge < -0.3 is 10.6 Å². The van der Waals surface area contributed by atoms with Gasteiger partial charge in [-0.1, -0.05) is 72.4 Å². The first-order chi connectivity index (χ1) is 17.9. The van der Waals surface area contributed by atoms with Crippen LogP contribution in [0.3, 0.4) is 0 Å². The van der Waals surface area contributed by atoms with Gasteiger partial charge in [-0.3, -0.25) is 9.59 Å². The molecule has 2 atom stereocenters. The van der Waals surface area contributed by atoms with Crippen molar-refractivity contribution in [2.24, 2.45) is 16.8 Å². The van der Waals surface area contributed by atoms with Crippen LogP contribution in [0.2, 0.25) is 0 Å². The zero-order valence-electron chi connectivity index (χ0n) is 20.8. The average molecular weight is 509 g/mol. The number of thioether (sulfide) groups is 1. The summed E-state index contributed by atoms with van der Waals surface area (Å²) < 4.78 is 0. The van der Waals surface area contributed by atoms with Gasteiger partial charge in [0, 0.05) is 28.6 Å². The third-order valence-electron chi connectivity index (χ3n) is 6.07. The molecule has 1 aliphatic rings. The zero-order valence-corrected chi connectivity index (χ0v) is 21.6. The number of carbonyl (C=O) groups excluding carboxylic acids is 2. The van der Waals surface area contributed by atoms with E-state index in [-0.39, 0.29) is 17.6 Å². The molecule has 37 heavy (non-hydrogen) atoms. The van der Waals surface area contributed by atoms with Crippen molar-refractivity contribution in [1.82, 2.24) is 0 Å². The molecule has 3 aromatic rings. The van der Waals surface area contributed by atoms with Crippen molar-refractivity contribution in [2.75, 3.05) is 16.4 Å². The lowest BCUT2D eigenvalue weighted by Crippen LogP contribution is -2.34. The lowest BCUT2D eigenvalue weighted by Gasteiger charge is -2.30. The number of benzene rings is 3. The summed E-state index contributed by atoms with van der Waals surface area (Å²) in [5.74, 6) is -1.39. The number of nitrogens with one attached hydrogen (secondary N) is 2. The molecule has 0 bridgehead atoms. The van der Waals surface area contributed by atoms with Gasteiger partial charge in [0.2, 0.25) is 5.91 Å². The molecule has 7 heteroatoms. The molecule has 2 unspecified atom stereocenters. The number of rotatable bonds is 7. The van der Waals surface area contributed by atoms with Crippen molar-refractivity contribution >= 4 is 40.0 Å². The van der Waals surface area contributed by atoms with Crippen LogP contribution in [0.4, 0.5) is 11.4 Å². The Bertz CT molecular complexity index is 1380. The van der Waals surface area contributed by atoms with Crippen molar-refractivity contribution in [2.45, 2.75) is 20.3 Å². The van der Waals surface area contributed by atoms with Crippen LogP contribution < -0.4 is 10.6 Å². The van der Waals surface area contributed by atoms with Crippen LogP contribution in [0.15, 0.2) is 101 Å². The van der Waals surface area contributed by atoms with Crippen LogP contribution in [0.25, 0.3) is 0 Å². The Hall–Kier alpha value is -4.15. The molecule has 0 fully saturated rings. The van der Waals surface area contributed by atoms with Gasteiger partial charge in [-0.05, 0) is 55.7 Å². The second-order valence-corrected chi connectivity index (χ2v) is 9.87. The maximum absolute atomic E-state index is 13.4. The highest BCUT2D eigenvalue weighted by atomic mass is 32.2. The van der Waals surface area contributed by atoms with Crippen LogP contribution in [0.1, 0.15) is 18.1 Å². The quantitative estimate of drug-likeness (QED) is 0.410. The predicted molar refractivity (Wildman–Crippen MR) is 150 cm³/mol.